The second kappa shape index (κ2) is 19.9. The Bertz CT molecular complexity index is 3050. The Morgan fingerprint density at radius 2 is 1.21 bits per heavy atom. The fourth-order valence-electron chi connectivity index (χ4n) is 8.93. The smallest absolute Gasteiger partial charge is 0.352 e. The van der Waals surface area contributed by atoms with Gasteiger partial charge in [-0.05, 0) is 46.8 Å². The van der Waals surface area contributed by atoms with Crippen molar-refractivity contribution < 1.29 is 24.3 Å². The van der Waals surface area contributed by atoms with Gasteiger partial charge in [-0.3, -0.25) is 14.5 Å². The predicted molar refractivity (Wildman–Crippen MR) is 275 cm³/mol. The molecule has 2 aliphatic rings. The van der Waals surface area contributed by atoms with Gasteiger partial charge in [0.1, 0.15) is 28.3 Å². The molecule has 2 aromatic heterocycles. The number of benzene rings is 6. The van der Waals surface area contributed by atoms with Gasteiger partial charge in [-0.15, -0.1) is 28.2 Å². The van der Waals surface area contributed by atoms with E-state index in [9.17, 15) is 14.7 Å². The highest BCUT2D eigenvalue weighted by Gasteiger charge is 2.54. The number of anilines is 1. The minimum atomic E-state index is -1.36. The van der Waals surface area contributed by atoms with Crippen LogP contribution in [0.25, 0.3) is 6.08 Å². The van der Waals surface area contributed by atoms with E-state index in [0.29, 0.717) is 16.4 Å². The number of rotatable bonds is 16. The van der Waals surface area contributed by atoms with Crippen LogP contribution in [0.4, 0.5) is 5.13 Å². The summed E-state index contributed by atoms with van der Waals surface area (Å²) in [4.78, 5) is 56.0. The van der Waals surface area contributed by atoms with Crippen LogP contribution in [0.2, 0.25) is 0 Å². The number of fused-ring (bicyclic) bond motifs is 1. The van der Waals surface area contributed by atoms with E-state index in [-0.39, 0.29) is 22.9 Å². The summed E-state index contributed by atoms with van der Waals surface area (Å²) in [7, 11) is 0. The van der Waals surface area contributed by atoms with Gasteiger partial charge in [0.15, 0.2) is 10.8 Å². The number of aliphatic carboxylic acids is 1. The molecule has 15 heteroatoms. The highest BCUT2D eigenvalue weighted by atomic mass is 32.2. The summed E-state index contributed by atoms with van der Waals surface area (Å²) in [6.07, 6.45) is 3.44. The number of thioether (sulfide) groups is 1. The number of β-lactam (4-membered cyclic amide) rings is 1. The van der Waals surface area contributed by atoms with Crippen LogP contribution < -0.4 is 10.6 Å². The molecule has 346 valence electrons. The van der Waals surface area contributed by atoms with Gasteiger partial charge < -0.3 is 20.6 Å². The molecular weight excluding hydrogens is 935 g/mol. The molecule has 1 unspecified atom stereocenters. The van der Waals surface area contributed by atoms with E-state index in [1.54, 1.807) is 17.5 Å². The summed E-state index contributed by atoms with van der Waals surface area (Å²) in [5, 5.41) is 27.5. The van der Waals surface area contributed by atoms with Crippen LogP contribution in [0.1, 0.15) is 49.6 Å². The third-order valence-electron chi connectivity index (χ3n) is 12.3. The largest absolute Gasteiger partial charge is 0.477 e. The van der Waals surface area contributed by atoms with Crippen LogP contribution in [0, 0.1) is 6.92 Å². The summed E-state index contributed by atoms with van der Waals surface area (Å²) in [6.45, 7) is 1.82. The summed E-state index contributed by atoms with van der Waals surface area (Å²) < 4.78 is 3.96. The molecule has 12 nitrogen and oxygen atoms in total. The lowest BCUT2D eigenvalue weighted by Gasteiger charge is -2.49. The molecule has 2 atom stereocenters. The molecule has 2 amide bonds. The Kier molecular flexibility index (Phi) is 13.0. The highest BCUT2D eigenvalue weighted by Crippen LogP contribution is 2.44. The number of carbonyl (C=O) groups excluding carboxylic acids is 2. The molecule has 0 radical (unpaired) electrons. The molecule has 4 heterocycles. The van der Waals surface area contributed by atoms with Crippen LogP contribution in [0.3, 0.4) is 0 Å². The van der Waals surface area contributed by atoms with Gasteiger partial charge in [0.05, 0.1) is 10.6 Å². The Labute approximate surface area is 416 Å². The van der Waals surface area contributed by atoms with E-state index in [1.165, 1.54) is 39.5 Å². The van der Waals surface area contributed by atoms with E-state index in [1.807, 2.05) is 153 Å². The van der Waals surface area contributed by atoms with Crippen molar-refractivity contribution in [2.75, 3.05) is 11.1 Å². The fraction of sp³-hybridized carbons (Fsp3) is 0.109. The van der Waals surface area contributed by atoms with Crippen molar-refractivity contribution in [1.29, 1.82) is 0 Å². The van der Waals surface area contributed by atoms with Crippen molar-refractivity contribution in [2.45, 2.75) is 29.5 Å². The van der Waals surface area contributed by atoms with Gasteiger partial charge in [-0.2, -0.15) is 0 Å². The number of thiazole rings is 1. The maximum Gasteiger partial charge on any atom is 0.352 e. The highest BCUT2D eigenvalue weighted by molar-refractivity contribution is 8.00. The number of nitrogens with one attached hydrogen (secondary N) is 2. The average Bonchev–Trinajstić information content (AvgIpc) is 4.06. The zero-order valence-corrected chi connectivity index (χ0v) is 39.9. The number of nitrogens with zero attached hydrogens (tertiary/aromatic N) is 5. The number of amides is 2. The molecular formula is C55H43N7O5S3. The SMILES string of the molecule is Cc1nnsc1C=CC1=C(C(=O)O)N2C(=O)C(NC(=O)C(=NOC(c3ccccc3)(c3ccccc3)c3ccccc3)c3csc(NC(c4ccccc4)(c4ccccc4)c4ccccc4)n3)[C@@H]2SC1. The van der Waals surface area contributed by atoms with Crippen LogP contribution >= 0.6 is 34.6 Å². The van der Waals surface area contributed by atoms with E-state index < -0.39 is 40.3 Å². The third kappa shape index (κ3) is 8.59. The van der Waals surface area contributed by atoms with Gasteiger partial charge in [-0.1, -0.05) is 198 Å². The minimum absolute atomic E-state index is 0.143. The maximum atomic E-state index is 15.1. The molecule has 6 aromatic carbocycles. The van der Waals surface area contributed by atoms with Gasteiger partial charge in [0.25, 0.3) is 11.8 Å². The second-order valence-electron chi connectivity index (χ2n) is 16.4. The Morgan fingerprint density at radius 1 is 0.729 bits per heavy atom. The molecule has 8 aromatic rings. The number of aromatic nitrogens is 3. The summed E-state index contributed by atoms with van der Waals surface area (Å²) in [6, 6.07) is 58.2. The Balaban J connectivity index is 1.07. The van der Waals surface area contributed by atoms with Gasteiger partial charge >= 0.3 is 5.97 Å². The third-order valence-corrected chi connectivity index (χ3v) is 15.2. The van der Waals surface area contributed by atoms with Crippen molar-refractivity contribution in [2.24, 2.45) is 5.16 Å². The van der Waals surface area contributed by atoms with Crippen molar-refractivity contribution in [1.82, 2.24) is 24.8 Å². The lowest BCUT2D eigenvalue weighted by atomic mass is 9.77. The molecule has 0 bridgehead atoms. The standard InChI is InChI=1S/C55H43N7O5S3/c1-36-45(70-61-59-36)33-32-37-34-68-51-47(50(64)62(51)48(37)52(65)66)57-49(63)46(60-67-55(41-26-14-5-15-27-41,42-28-16-6-17-29-42)43-30-18-7-19-31-43)44-35-69-53(56-44)58-54(38-20-8-2-9-21-38,39-22-10-3-11-23-39)40-24-12-4-13-25-40/h2-33,35,47,51H,34H2,1H3,(H,56,58)(H,57,63)(H,65,66)/t47?,51-/m0/s1. The number of carbonyl (C=O) groups is 3. The minimum Gasteiger partial charge on any atom is -0.477 e. The van der Waals surface area contributed by atoms with E-state index in [4.69, 9.17) is 15.0 Å². The Hall–Kier alpha value is -7.98. The van der Waals surface area contributed by atoms with Crippen LogP contribution in [-0.2, 0) is 30.4 Å². The van der Waals surface area contributed by atoms with Crippen molar-refractivity contribution in [3.05, 3.63) is 254 Å². The lowest BCUT2D eigenvalue weighted by Crippen LogP contribution is -2.71. The monoisotopic (exact) mass is 977 g/mol. The normalized spacial score (nSPS) is 16.1. The number of oxime groups is 1. The number of hydrogen-bond acceptors (Lipinski definition) is 12. The van der Waals surface area contributed by atoms with E-state index >= 15 is 4.79 Å². The zero-order valence-electron chi connectivity index (χ0n) is 37.5. The topological polar surface area (TPSA) is 159 Å². The quantitative estimate of drug-likeness (QED) is 0.0368. The number of allylic oxidation sites excluding steroid dienone is 1. The van der Waals surface area contributed by atoms with Crippen LogP contribution in [0.15, 0.2) is 210 Å². The summed E-state index contributed by atoms with van der Waals surface area (Å²) >= 11 is 3.84. The zero-order chi connectivity index (χ0) is 48.1. The second-order valence-corrected chi connectivity index (χ2v) is 19.2. The van der Waals surface area contributed by atoms with Gasteiger partial charge in [-0.25, -0.2) is 9.78 Å². The number of carboxylic acid groups (broad SMARTS) is 1. The van der Waals surface area contributed by atoms with Gasteiger partial charge in [0.2, 0.25) is 5.60 Å². The summed E-state index contributed by atoms with van der Waals surface area (Å²) in [5.41, 5.74) is 3.83. The lowest BCUT2D eigenvalue weighted by molar-refractivity contribution is -0.150. The molecule has 3 N–H and O–H groups in total. The summed E-state index contributed by atoms with van der Waals surface area (Å²) in [5.74, 6) is -2.29. The molecule has 70 heavy (non-hydrogen) atoms. The van der Waals surface area contributed by atoms with Crippen LogP contribution in [0.5, 0.6) is 0 Å². The molecule has 1 saturated heterocycles. The predicted octanol–water partition coefficient (Wildman–Crippen LogP) is 9.87. The molecule has 10 rings (SSSR count). The average molecular weight is 978 g/mol. The van der Waals surface area contributed by atoms with Crippen molar-refractivity contribution in [3.63, 3.8) is 0 Å². The first-order valence-corrected chi connectivity index (χ1v) is 25.0. The Morgan fingerprint density at radius 3 is 1.67 bits per heavy atom. The number of aryl methyl sites for hydroxylation is 1. The number of hydrogen-bond donors (Lipinski definition) is 3. The molecule has 2 aliphatic heterocycles. The van der Waals surface area contributed by atoms with Crippen LogP contribution in [-0.4, -0.2) is 65.2 Å². The van der Waals surface area contributed by atoms with E-state index in [0.717, 1.165) is 38.3 Å². The molecule has 1 fully saturated rings. The first-order valence-electron chi connectivity index (χ1n) is 22.3. The first-order chi connectivity index (χ1) is 34.3. The molecule has 0 spiro atoms. The fourth-order valence-corrected chi connectivity index (χ4v) is 11.5. The maximum absolute atomic E-state index is 15.1. The van der Waals surface area contributed by atoms with Crippen molar-refractivity contribution >= 4 is 69.3 Å². The molecule has 0 saturated carbocycles. The van der Waals surface area contributed by atoms with Gasteiger partial charge in [0, 0.05) is 27.8 Å². The van der Waals surface area contributed by atoms with E-state index in [2.05, 4.69) is 56.6 Å². The first kappa shape index (κ1) is 45.8. The molecule has 0 aliphatic carbocycles. The van der Waals surface area contributed by atoms with Crippen molar-refractivity contribution in [3.8, 4) is 0 Å². The number of carboxylic acids is 1.